The third-order valence-electron chi connectivity index (χ3n) is 5.71. The highest BCUT2D eigenvalue weighted by Crippen LogP contribution is 2.38. The van der Waals surface area contributed by atoms with Crippen molar-refractivity contribution in [3.8, 4) is 0 Å². The average molecular weight is 404 g/mol. The van der Waals surface area contributed by atoms with Crippen molar-refractivity contribution >= 4 is 34.0 Å². The summed E-state index contributed by atoms with van der Waals surface area (Å²) >= 11 is 7.67. The van der Waals surface area contributed by atoms with Gasteiger partial charge in [-0.15, -0.1) is 11.3 Å². The molecule has 1 amide bonds. The topological polar surface area (TPSA) is 45.2 Å². The number of halogens is 1. The maximum Gasteiger partial charge on any atom is 0.225 e. The molecule has 1 heterocycles. The van der Waals surface area contributed by atoms with Gasteiger partial charge in [0.05, 0.1) is 5.69 Å². The van der Waals surface area contributed by atoms with Crippen molar-refractivity contribution in [2.24, 2.45) is 0 Å². The van der Waals surface area contributed by atoms with E-state index in [2.05, 4.69) is 22.8 Å². The predicted octanol–water partition coefficient (Wildman–Crippen LogP) is 5.26. The Hall–Kier alpha value is -1.43. The largest absolute Gasteiger partial charge is 0.302 e. The first-order chi connectivity index (χ1) is 13.1. The number of rotatable bonds is 6. The summed E-state index contributed by atoms with van der Waals surface area (Å²) in [5.74, 6) is 0.0938. The number of benzene rings is 1. The minimum absolute atomic E-state index is 0.0105. The van der Waals surface area contributed by atoms with E-state index in [0.717, 1.165) is 48.1 Å². The van der Waals surface area contributed by atoms with Crippen LogP contribution in [-0.2, 0) is 16.9 Å². The van der Waals surface area contributed by atoms with Gasteiger partial charge in [0.25, 0.3) is 0 Å². The Morgan fingerprint density at radius 2 is 1.96 bits per heavy atom. The number of carbonyl (C=O) groups excluding carboxylic acids is 1. The van der Waals surface area contributed by atoms with Crippen molar-refractivity contribution in [1.29, 1.82) is 0 Å². The summed E-state index contributed by atoms with van der Waals surface area (Å²) in [4.78, 5) is 18.6. The summed E-state index contributed by atoms with van der Waals surface area (Å²) in [6.45, 7) is 2.35. The molecule has 0 unspecified atom stereocenters. The number of aromatic nitrogens is 1. The predicted molar refractivity (Wildman–Crippen MR) is 111 cm³/mol. The first-order valence-corrected chi connectivity index (χ1v) is 11.1. The summed E-state index contributed by atoms with van der Waals surface area (Å²) in [5.41, 5.74) is 2.31. The van der Waals surface area contributed by atoms with Crippen molar-refractivity contribution in [1.82, 2.24) is 10.3 Å². The van der Waals surface area contributed by atoms with E-state index in [1.54, 1.807) is 18.3 Å². The molecule has 27 heavy (non-hydrogen) atoms. The zero-order valence-corrected chi connectivity index (χ0v) is 17.3. The maximum absolute atomic E-state index is 12.0. The van der Waals surface area contributed by atoms with E-state index in [0.29, 0.717) is 6.04 Å². The van der Waals surface area contributed by atoms with Gasteiger partial charge >= 0.3 is 0 Å². The Kier molecular flexibility index (Phi) is 5.53. The number of anilines is 1. The van der Waals surface area contributed by atoms with E-state index in [-0.39, 0.29) is 11.4 Å². The summed E-state index contributed by atoms with van der Waals surface area (Å²) in [6, 6.07) is 8.62. The van der Waals surface area contributed by atoms with Crippen molar-refractivity contribution < 1.29 is 4.79 Å². The van der Waals surface area contributed by atoms with Gasteiger partial charge in [-0.1, -0.05) is 43.0 Å². The molecule has 2 fully saturated rings. The standard InChI is InChI=1S/C21H26ClN3OS/c1-15(26)25(19-9-10-19)20-24-18(14-27-20)13-23-21(11-3-2-4-12-21)16-5-7-17(22)8-6-16/h5-8,14,19,23H,2-4,9-13H2,1H3. The lowest BCUT2D eigenvalue weighted by Crippen LogP contribution is -2.43. The quantitative estimate of drug-likeness (QED) is 0.715. The highest BCUT2D eigenvalue weighted by atomic mass is 35.5. The molecule has 4 nitrogen and oxygen atoms in total. The molecule has 1 aromatic heterocycles. The van der Waals surface area contributed by atoms with Gasteiger partial charge in [0, 0.05) is 35.5 Å². The van der Waals surface area contributed by atoms with Crippen LogP contribution in [0.25, 0.3) is 0 Å². The van der Waals surface area contributed by atoms with Crippen LogP contribution in [0.5, 0.6) is 0 Å². The zero-order chi connectivity index (χ0) is 18.9. The van der Waals surface area contributed by atoms with E-state index < -0.39 is 0 Å². The van der Waals surface area contributed by atoms with Gasteiger partial charge in [-0.05, 0) is 43.4 Å². The molecule has 2 aromatic rings. The Labute approximate surface area is 169 Å². The fourth-order valence-corrected chi connectivity index (χ4v) is 5.18. The lowest BCUT2D eigenvalue weighted by molar-refractivity contribution is -0.116. The van der Waals surface area contributed by atoms with Crippen LogP contribution in [0.15, 0.2) is 29.6 Å². The molecule has 1 aromatic carbocycles. The first kappa shape index (κ1) is 18.9. The number of hydrogen-bond acceptors (Lipinski definition) is 4. The van der Waals surface area contributed by atoms with E-state index in [1.165, 1.54) is 24.8 Å². The van der Waals surface area contributed by atoms with Gasteiger partial charge in [-0.25, -0.2) is 4.98 Å². The van der Waals surface area contributed by atoms with E-state index in [9.17, 15) is 4.79 Å². The highest BCUT2D eigenvalue weighted by molar-refractivity contribution is 7.14. The van der Waals surface area contributed by atoms with Crippen molar-refractivity contribution in [3.05, 3.63) is 45.9 Å². The van der Waals surface area contributed by atoms with Crippen molar-refractivity contribution in [2.45, 2.75) is 70.0 Å². The Bertz CT molecular complexity index is 794. The molecule has 2 aliphatic carbocycles. The number of nitrogens with one attached hydrogen (secondary N) is 1. The van der Waals surface area contributed by atoms with Gasteiger partial charge in [-0.3, -0.25) is 9.69 Å². The normalized spacial score (nSPS) is 19.0. The number of amides is 1. The van der Waals surface area contributed by atoms with Crippen molar-refractivity contribution in [2.75, 3.05) is 4.90 Å². The van der Waals surface area contributed by atoms with Crippen LogP contribution >= 0.6 is 22.9 Å². The van der Waals surface area contributed by atoms with Crippen LogP contribution in [0, 0.1) is 0 Å². The summed E-state index contributed by atoms with van der Waals surface area (Å²) in [5, 5.41) is 7.51. The van der Waals surface area contributed by atoms with Crippen LogP contribution in [0.1, 0.15) is 63.1 Å². The van der Waals surface area contributed by atoms with Crippen LogP contribution < -0.4 is 10.2 Å². The molecule has 2 saturated carbocycles. The molecule has 0 aliphatic heterocycles. The summed E-state index contributed by atoms with van der Waals surface area (Å²) < 4.78 is 0. The minimum atomic E-state index is -0.0105. The summed E-state index contributed by atoms with van der Waals surface area (Å²) in [6.07, 6.45) is 8.21. The minimum Gasteiger partial charge on any atom is -0.302 e. The third-order valence-corrected chi connectivity index (χ3v) is 6.85. The fourth-order valence-electron chi connectivity index (χ4n) is 4.12. The monoisotopic (exact) mass is 403 g/mol. The zero-order valence-electron chi connectivity index (χ0n) is 15.7. The molecule has 0 radical (unpaired) electrons. The van der Waals surface area contributed by atoms with Crippen molar-refractivity contribution in [3.63, 3.8) is 0 Å². The van der Waals surface area contributed by atoms with Gasteiger partial charge in [-0.2, -0.15) is 0 Å². The molecular weight excluding hydrogens is 378 g/mol. The SMILES string of the molecule is CC(=O)N(c1nc(CNC2(c3ccc(Cl)cc3)CCCCC2)cs1)C1CC1. The van der Waals surface area contributed by atoms with Crippen LogP contribution in [0.3, 0.4) is 0 Å². The van der Waals surface area contributed by atoms with Gasteiger partial charge in [0.2, 0.25) is 5.91 Å². The second kappa shape index (κ2) is 7.90. The van der Waals surface area contributed by atoms with E-state index >= 15 is 0 Å². The molecular formula is C21H26ClN3OS. The molecule has 0 atom stereocenters. The Balaban J connectivity index is 1.50. The van der Waals surface area contributed by atoms with Crippen LogP contribution in [0.4, 0.5) is 5.13 Å². The van der Waals surface area contributed by atoms with Crippen LogP contribution in [-0.4, -0.2) is 16.9 Å². The molecule has 6 heteroatoms. The van der Waals surface area contributed by atoms with Crippen LogP contribution in [0.2, 0.25) is 5.02 Å². The molecule has 4 rings (SSSR count). The van der Waals surface area contributed by atoms with Gasteiger partial charge in [0.1, 0.15) is 0 Å². The molecule has 2 aliphatic rings. The molecule has 1 N–H and O–H groups in total. The number of hydrogen-bond donors (Lipinski definition) is 1. The second-order valence-corrected chi connectivity index (χ2v) is 9.02. The number of nitrogens with zero attached hydrogens (tertiary/aromatic N) is 2. The third kappa shape index (κ3) is 4.20. The lowest BCUT2D eigenvalue weighted by Gasteiger charge is -2.39. The number of carbonyl (C=O) groups is 1. The number of thiazole rings is 1. The molecule has 0 spiro atoms. The van der Waals surface area contributed by atoms with E-state index in [1.807, 2.05) is 17.0 Å². The maximum atomic E-state index is 12.0. The Morgan fingerprint density at radius 3 is 2.59 bits per heavy atom. The smallest absolute Gasteiger partial charge is 0.225 e. The fraction of sp³-hybridized carbons (Fsp3) is 0.524. The lowest BCUT2D eigenvalue weighted by atomic mass is 9.76. The molecule has 0 bridgehead atoms. The van der Waals surface area contributed by atoms with Gasteiger partial charge < -0.3 is 5.32 Å². The average Bonchev–Trinajstić information content (AvgIpc) is 3.38. The Morgan fingerprint density at radius 1 is 1.26 bits per heavy atom. The molecule has 144 valence electrons. The summed E-state index contributed by atoms with van der Waals surface area (Å²) in [7, 11) is 0. The second-order valence-electron chi connectivity index (χ2n) is 7.74. The molecule has 0 saturated heterocycles. The highest BCUT2D eigenvalue weighted by Gasteiger charge is 2.35. The van der Waals surface area contributed by atoms with Gasteiger partial charge in [0.15, 0.2) is 5.13 Å². The first-order valence-electron chi connectivity index (χ1n) is 9.83. The van der Waals surface area contributed by atoms with E-state index in [4.69, 9.17) is 16.6 Å².